The van der Waals surface area contributed by atoms with Crippen molar-refractivity contribution in [3.63, 3.8) is 0 Å². The second kappa shape index (κ2) is 7.89. The molecular weight excluding hydrogens is 442 g/mol. The molecule has 0 saturated carbocycles. The lowest BCUT2D eigenvalue weighted by Gasteiger charge is -2.29. The number of thiazole rings is 1. The van der Waals surface area contributed by atoms with Crippen molar-refractivity contribution in [3.05, 3.63) is 46.1 Å². The molecule has 0 fully saturated rings. The highest BCUT2D eigenvalue weighted by Crippen LogP contribution is 2.35. The number of anilines is 2. The summed E-state index contributed by atoms with van der Waals surface area (Å²) in [7, 11) is -2.11. The van der Waals surface area contributed by atoms with Gasteiger partial charge in [-0.3, -0.25) is 13.9 Å². The number of hydrogen-bond donors (Lipinski definition) is 1. The maximum Gasteiger partial charge on any atom is 0.307 e. The van der Waals surface area contributed by atoms with Crippen LogP contribution in [0.15, 0.2) is 41.2 Å². The average Bonchev–Trinajstić information content (AvgIpc) is 3.00. The van der Waals surface area contributed by atoms with E-state index in [1.807, 2.05) is 0 Å². The van der Waals surface area contributed by atoms with Crippen LogP contribution >= 0.6 is 11.3 Å². The molecule has 1 atom stereocenters. The summed E-state index contributed by atoms with van der Waals surface area (Å²) < 4.78 is 39.4. The van der Waals surface area contributed by atoms with E-state index in [-0.39, 0.29) is 4.87 Å². The zero-order chi connectivity index (χ0) is 22.3. The Labute approximate surface area is 182 Å². The van der Waals surface area contributed by atoms with E-state index in [1.54, 1.807) is 43.4 Å². The number of aromatic nitrogens is 1. The van der Waals surface area contributed by atoms with Gasteiger partial charge < -0.3 is 19.4 Å². The van der Waals surface area contributed by atoms with Gasteiger partial charge in [-0.25, -0.2) is 8.42 Å². The maximum absolute atomic E-state index is 12.9. The summed E-state index contributed by atoms with van der Waals surface area (Å²) >= 11 is 1.07. The van der Waals surface area contributed by atoms with Crippen LogP contribution < -0.4 is 24.0 Å². The second-order valence-electron chi connectivity index (χ2n) is 7.16. The molecule has 1 aliphatic heterocycles. The van der Waals surface area contributed by atoms with Crippen molar-refractivity contribution in [1.82, 2.24) is 4.57 Å². The zero-order valence-electron chi connectivity index (χ0n) is 17.1. The molecule has 1 N–H and O–H groups in total. The van der Waals surface area contributed by atoms with Crippen molar-refractivity contribution in [2.24, 2.45) is 7.05 Å². The van der Waals surface area contributed by atoms with Crippen LogP contribution in [-0.2, 0) is 21.9 Å². The van der Waals surface area contributed by atoms with Crippen molar-refractivity contribution in [2.75, 3.05) is 29.1 Å². The molecule has 0 radical (unpaired) electrons. The van der Waals surface area contributed by atoms with Gasteiger partial charge in [0, 0.05) is 18.8 Å². The van der Waals surface area contributed by atoms with Gasteiger partial charge in [0.25, 0.3) is 0 Å². The quantitative estimate of drug-likeness (QED) is 0.622. The molecule has 2 heterocycles. The number of nitrogens with zero attached hydrogens (tertiary/aromatic N) is 2. The van der Waals surface area contributed by atoms with E-state index >= 15 is 0 Å². The second-order valence-corrected chi connectivity index (χ2v) is 10.0. The number of benzene rings is 2. The standard InChI is InChI=1S/C20H21N3O6S2/c1-12(19(24)21-13-4-6-15-18(10-13)30-20(25)22(15)2)23(31(3,26)27)14-5-7-16-17(11-14)29-9-8-28-16/h4-7,10-12H,8-9H2,1-3H3,(H,21,24)/t12-/m0/s1. The smallest absolute Gasteiger partial charge is 0.307 e. The van der Waals surface area contributed by atoms with E-state index in [9.17, 15) is 18.0 Å². The van der Waals surface area contributed by atoms with Crippen LogP contribution in [0, 0.1) is 0 Å². The normalized spacial score (nSPS) is 14.3. The Kier molecular flexibility index (Phi) is 5.40. The third-order valence-corrected chi connectivity index (χ3v) is 7.17. The highest BCUT2D eigenvalue weighted by molar-refractivity contribution is 7.92. The Morgan fingerprint density at radius 2 is 1.87 bits per heavy atom. The van der Waals surface area contributed by atoms with E-state index < -0.39 is 22.0 Å². The number of rotatable bonds is 5. The predicted molar refractivity (Wildman–Crippen MR) is 120 cm³/mol. The van der Waals surface area contributed by atoms with Gasteiger partial charge in [-0.05, 0) is 37.3 Å². The summed E-state index contributed by atoms with van der Waals surface area (Å²) in [6.45, 7) is 2.29. The van der Waals surface area contributed by atoms with Crippen molar-refractivity contribution in [2.45, 2.75) is 13.0 Å². The van der Waals surface area contributed by atoms with Crippen LogP contribution in [0.3, 0.4) is 0 Å². The minimum atomic E-state index is -3.78. The van der Waals surface area contributed by atoms with Gasteiger partial charge in [-0.15, -0.1) is 0 Å². The number of ether oxygens (including phenoxy) is 2. The van der Waals surface area contributed by atoms with Gasteiger partial charge in [0.15, 0.2) is 11.5 Å². The van der Waals surface area contributed by atoms with E-state index in [0.717, 1.165) is 32.1 Å². The van der Waals surface area contributed by atoms with Crippen molar-refractivity contribution < 1.29 is 22.7 Å². The highest BCUT2D eigenvalue weighted by atomic mass is 32.2. The SMILES string of the molecule is C[C@@H](C(=O)Nc1ccc2c(c1)sc(=O)n2C)N(c1ccc2c(c1)OCCO2)S(C)(=O)=O. The van der Waals surface area contributed by atoms with Crippen LogP contribution in [0.2, 0.25) is 0 Å². The van der Waals surface area contributed by atoms with E-state index in [0.29, 0.717) is 36.1 Å². The largest absolute Gasteiger partial charge is 0.486 e. The summed E-state index contributed by atoms with van der Waals surface area (Å²) in [5.41, 5.74) is 1.53. The molecule has 0 spiro atoms. The highest BCUT2D eigenvalue weighted by Gasteiger charge is 2.30. The first-order chi connectivity index (χ1) is 14.6. The van der Waals surface area contributed by atoms with Gasteiger partial charge in [0.2, 0.25) is 15.9 Å². The van der Waals surface area contributed by atoms with Gasteiger partial charge >= 0.3 is 4.87 Å². The third kappa shape index (κ3) is 4.10. The Morgan fingerprint density at radius 3 is 2.58 bits per heavy atom. The molecule has 0 unspecified atom stereocenters. The summed E-state index contributed by atoms with van der Waals surface area (Å²) in [5.74, 6) is 0.438. The minimum Gasteiger partial charge on any atom is -0.486 e. The van der Waals surface area contributed by atoms with E-state index in [4.69, 9.17) is 9.47 Å². The number of amides is 1. The first-order valence-electron chi connectivity index (χ1n) is 9.44. The van der Waals surface area contributed by atoms with Crippen molar-refractivity contribution in [1.29, 1.82) is 0 Å². The lowest BCUT2D eigenvalue weighted by Crippen LogP contribution is -2.45. The summed E-state index contributed by atoms with van der Waals surface area (Å²) in [6, 6.07) is 8.82. The molecule has 3 aromatic rings. The number of aryl methyl sites for hydroxylation is 1. The lowest BCUT2D eigenvalue weighted by atomic mass is 10.2. The summed E-state index contributed by atoms with van der Waals surface area (Å²) in [4.78, 5) is 24.7. The monoisotopic (exact) mass is 463 g/mol. The van der Waals surface area contributed by atoms with Crippen LogP contribution in [0.5, 0.6) is 11.5 Å². The number of fused-ring (bicyclic) bond motifs is 2. The molecule has 0 saturated heterocycles. The molecule has 11 heteroatoms. The number of carbonyl (C=O) groups is 1. The van der Waals surface area contributed by atoms with Gasteiger partial charge in [-0.1, -0.05) is 11.3 Å². The first kappa shape index (κ1) is 21.2. The van der Waals surface area contributed by atoms with E-state index in [2.05, 4.69) is 5.32 Å². The summed E-state index contributed by atoms with van der Waals surface area (Å²) in [5, 5.41) is 2.74. The Morgan fingerprint density at radius 1 is 1.16 bits per heavy atom. The minimum absolute atomic E-state index is 0.103. The fourth-order valence-corrected chi connectivity index (χ4v) is 5.52. The fourth-order valence-electron chi connectivity index (χ4n) is 3.44. The van der Waals surface area contributed by atoms with Crippen molar-refractivity contribution in [3.8, 4) is 11.5 Å². The fraction of sp³-hybridized carbons (Fsp3) is 0.300. The Balaban J connectivity index is 1.62. The van der Waals surface area contributed by atoms with Crippen molar-refractivity contribution >= 4 is 48.9 Å². The summed E-state index contributed by atoms with van der Waals surface area (Å²) in [6.07, 6.45) is 1.04. The Bertz CT molecular complexity index is 1330. The van der Waals surface area contributed by atoms with Crippen LogP contribution in [0.25, 0.3) is 10.2 Å². The van der Waals surface area contributed by atoms with Gasteiger partial charge in [0.1, 0.15) is 19.3 Å². The molecule has 9 nitrogen and oxygen atoms in total. The molecule has 2 aromatic carbocycles. The number of hydrogen-bond acceptors (Lipinski definition) is 7. The van der Waals surface area contributed by atoms with Crippen LogP contribution in [-0.4, -0.2) is 44.4 Å². The molecule has 31 heavy (non-hydrogen) atoms. The first-order valence-corrected chi connectivity index (χ1v) is 12.1. The Hall–Kier alpha value is -3.05. The van der Waals surface area contributed by atoms with Gasteiger partial charge in [0.05, 0.1) is 22.2 Å². The topological polar surface area (TPSA) is 107 Å². The van der Waals surface area contributed by atoms with Crippen LogP contribution in [0.4, 0.5) is 11.4 Å². The molecule has 4 rings (SSSR count). The molecule has 1 amide bonds. The van der Waals surface area contributed by atoms with Gasteiger partial charge in [-0.2, -0.15) is 0 Å². The van der Waals surface area contributed by atoms with Crippen LogP contribution in [0.1, 0.15) is 6.92 Å². The average molecular weight is 464 g/mol. The molecule has 1 aromatic heterocycles. The van der Waals surface area contributed by atoms with E-state index in [1.165, 1.54) is 11.5 Å². The predicted octanol–water partition coefficient (Wildman–Crippen LogP) is 2.16. The lowest BCUT2D eigenvalue weighted by molar-refractivity contribution is -0.116. The maximum atomic E-state index is 12.9. The molecule has 164 valence electrons. The zero-order valence-corrected chi connectivity index (χ0v) is 18.7. The number of carbonyl (C=O) groups excluding carboxylic acids is 1. The molecule has 0 aliphatic carbocycles. The molecule has 1 aliphatic rings. The number of sulfonamides is 1. The number of nitrogens with one attached hydrogen (secondary N) is 1. The molecule has 0 bridgehead atoms. The third-order valence-electron chi connectivity index (χ3n) is 4.93. The molecular formula is C20H21N3O6S2.